The van der Waals surface area contributed by atoms with Gasteiger partial charge >= 0.3 is 12.1 Å². The highest BCUT2D eigenvalue weighted by Gasteiger charge is 2.55. The lowest BCUT2D eigenvalue weighted by molar-refractivity contribution is -0.170. The van der Waals surface area contributed by atoms with Gasteiger partial charge in [0.05, 0.1) is 30.0 Å². The molecule has 3 N–H and O–H groups in total. The van der Waals surface area contributed by atoms with Crippen LogP contribution in [-0.2, 0) is 30.2 Å². The molecule has 1 amide bonds. The molecule has 2 aliphatic heterocycles. The van der Waals surface area contributed by atoms with Crippen LogP contribution in [0.3, 0.4) is 0 Å². The number of hydrogen-bond donors (Lipinski definition) is 3. The molecule has 12 heteroatoms. The van der Waals surface area contributed by atoms with Gasteiger partial charge in [-0.25, -0.2) is 4.79 Å². The molecule has 1 unspecified atom stereocenters. The van der Waals surface area contributed by atoms with Gasteiger partial charge in [0.1, 0.15) is 25.7 Å². The summed E-state index contributed by atoms with van der Waals surface area (Å²) in [6, 6.07) is 9.40. The molecule has 11 nitrogen and oxygen atoms in total. The Hall–Kier alpha value is -4.03. The number of ether oxygens (including phenoxy) is 3. The molecule has 0 bridgehead atoms. The van der Waals surface area contributed by atoms with Crippen molar-refractivity contribution in [3.05, 3.63) is 66.1 Å². The second-order valence-electron chi connectivity index (χ2n) is 14.4. The van der Waals surface area contributed by atoms with E-state index in [0.29, 0.717) is 26.0 Å². The molecule has 49 heavy (non-hydrogen) atoms. The summed E-state index contributed by atoms with van der Waals surface area (Å²) < 4.78 is 18.7. The van der Waals surface area contributed by atoms with Crippen LogP contribution in [0.2, 0.25) is 5.82 Å². The number of rotatable bonds is 7. The Morgan fingerprint density at radius 3 is 2.63 bits per heavy atom. The lowest BCUT2D eigenvalue weighted by atomic mass is 9.62. The van der Waals surface area contributed by atoms with Gasteiger partial charge in [0.2, 0.25) is 0 Å². The number of cyclic esters (lactones) is 1. The summed E-state index contributed by atoms with van der Waals surface area (Å²) >= 11 is 0. The minimum Gasteiger partial charge on any atom is -0.457 e. The largest absolute Gasteiger partial charge is 0.457 e. The summed E-state index contributed by atoms with van der Waals surface area (Å²) in [6.45, 7) is 12.7. The van der Waals surface area contributed by atoms with Gasteiger partial charge in [-0.1, -0.05) is 51.1 Å². The molecule has 2 aliphatic rings. The second kappa shape index (κ2) is 15.3. The van der Waals surface area contributed by atoms with Crippen molar-refractivity contribution in [1.82, 2.24) is 25.8 Å². The van der Waals surface area contributed by atoms with E-state index in [1.165, 1.54) is 0 Å². The van der Waals surface area contributed by atoms with Gasteiger partial charge in [-0.3, -0.25) is 19.7 Å². The molecule has 9 atom stereocenters. The van der Waals surface area contributed by atoms with E-state index in [9.17, 15) is 14.4 Å². The fourth-order valence-electron chi connectivity index (χ4n) is 7.54. The first-order valence-electron chi connectivity index (χ1n) is 17.4. The molecular weight excluding hydrogens is 621 g/mol. The van der Waals surface area contributed by atoms with E-state index in [1.807, 2.05) is 71.2 Å². The molecule has 2 saturated heterocycles. The number of ketones is 1. The van der Waals surface area contributed by atoms with Crippen molar-refractivity contribution in [3.8, 4) is 0 Å². The predicted octanol–water partition coefficient (Wildman–Crippen LogP) is 4.44. The smallest absolute Gasteiger partial charge is 0.408 e. The summed E-state index contributed by atoms with van der Waals surface area (Å²) in [6.07, 6.45) is 8.94. The standard InChI is InChI=1S/C37H50BN5O6/c1-7-30-37(6)33(43-35(46)49-37)24(4)39-18-22(2)17-36(5,47-14-10-11-25-15-27-12-8-9-13-29(27)40-19-25)32(38)23(3)31(44)28(34(45)48-30)16-26-20-41-42-21-26/h8-13,15,19-24,28,30,32-33,39H,7,14,16-18,38H2,1-6H3,(H,41,42)(H,43,46)/b11-10+/t22-,23+,24-,28?,30-,32-,33-,36-,37-/m1/s1. The van der Waals surface area contributed by atoms with Gasteiger partial charge in [-0.2, -0.15) is 5.10 Å². The van der Waals surface area contributed by atoms with Gasteiger partial charge in [0.15, 0.2) is 5.60 Å². The van der Waals surface area contributed by atoms with Gasteiger partial charge in [-0.05, 0) is 81.6 Å². The maximum Gasteiger partial charge on any atom is 0.408 e. The van der Waals surface area contributed by atoms with Crippen LogP contribution in [-0.4, -0.2) is 83.4 Å². The molecule has 1 aromatic carbocycles. The number of amides is 1. The molecule has 5 rings (SSSR count). The number of pyridine rings is 1. The first-order chi connectivity index (χ1) is 23.3. The van der Waals surface area contributed by atoms with Gasteiger partial charge in [0.25, 0.3) is 0 Å². The second-order valence-corrected chi connectivity index (χ2v) is 14.4. The van der Waals surface area contributed by atoms with Crippen molar-refractivity contribution in [2.45, 2.75) is 96.0 Å². The van der Waals surface area contributed by atoms with Crippen LogP contribution in [0.1, 0.15) is 65.5 Å². The van der Waals surface area contributed by atoms with Gasteiger partial charge in [0, 0.05) is 29.7 Å². The number of hydrogen-bond acceptors (Lipinski definition) is 9. The Morgan fingerprint density at radius 1 is 1.12 bits per heavy atom. The number of fused-ring (bicyclic) bond motifs is 2. The van der Waals surface area contributed by atoms with Crippen LogP contribution < -0.4 is 10.6 Å². The highest BCUT2D eigenvalue weighted by molar-refractivity contribution is 6.15. The van der Waals surface area contributed by atoms with Crippen molar-refractivity contribution in [3.63, 3.8) is 0 Å². The third-order valence-corrected chi connectivity index (χ3v) is 10.7. The van der Waals surface area contributed by atoms with E-state index in [1.54, 1.807) is 19.3 Å². The molecule has 0 aliphatic carbocycles. The van der Waals surface area contributed by atoms with Crippen molar-refractivity contribution in [1.29, 1.82) is 0 Å². The minimum absolute atomic E-state index is 0.133. The minimum atomic E-state index is -1.15. The van der Waals surface area contributed by atoms with Crippen molar-refractivity contribution in [2.24, 2.45) is 17.8 Å². The molecular formula is C37H50BN5O6. The number of aromatic amines is 1. The molecule has 0 spiro atoms. The Balaban J connectivity index is 1.44. The van der Waals surface area contributed by atoms with Crippen LogP contribution in [0.25, 0.3) is 17.0 Å². The van der Waals surface area contributed by atoms with E-state index >= 15 is 0 Å². The number of esters is 1. The zero-order chi connectivity index (χ0) is 35.3. The molecule has 2 aromatic heterocycles. The highest BCUT2D eigenvalue weighted by atomic mass is 16.6. The van der Waals surface area contributed by atoms with E-state index in [2.05, 4.69) is 45.7 Å². The molecule has 2 fully saturated rings. The fourth-order valence-corrected chi connectivity index (χ4v) is 7.54. The predicted molar refractivity (Wildman–Crippen MR) is 191 cm³/mol. The normalized spacial score (nSPS) is 33.3. The lowest BCUT2D eigenvalue weighted by Gasteiger charge is -2.41. The monoisotopic (exact) mass is 671 g/mol. The molecule has 3 aromatic rings. The molecule has 0 saturated carbocycles. The van der Waals surface area contributed by atoms with E-state index in [4.69, 9.17) is 14.2 Å². The van der Waals surface area contributed by atoms with Crippen molar-refractivity contribution < 1.29 is 28.6 Å². The van der Waals surface area contributed by atoms with Crippen LogP contribution in [0.4, 0.5) is 4.79 Å². The zero-order valence-electron chi connectivity index (χ0n) is 29.7. The van der Waals surface area contributed by atoms with Crippen LogP contribution in [0.15, 0.2) is 55.0 Å². The number of Topliss-reactive ketones (excluding diaryl/α,β-unsaturated/α-hetero) is 1. The maximum atomic E-state index is 14.4. The summed E-state index contributed by atoms with van der Waals surface area (Å²) in [5.74, 6) is -2.60. The summed E-state index contributed by atoms with van der Waals surface area (Å²) in [4.78, 5) is 45.6. The molecule has 0 radical (unpaired) electrons. The number of benzene rings is 1. The summed E-state index contributed by atoms with van der Waals surface area (Å²) in [5.41, 5.74) is 0.762. The zero-order valence-corrected chi connectivity index (χ0v) is 29.7. The first-order valence-corrected chi connectivity index (χ1v) is 17.4. The van der Waals surface area contributed by atoms with Crippen molar-refractivity contribution >= 4 is 42.7 Å². The number of H-pyrrole nitrogens is 1. The highest BCUT2D eigenvalue weighted by Crippen LogP contribution is 2.40. The average Bonchev–Trinajstić information content (AvgIpc) is 3.72. The summed E-state index contributed by atoms with van der Waals surface area (Å²) in [7, 11) is 2.03. The number of carbonyl (C=O) groups excluding carboxylic acids is 3. The fraction of sp³-hybridized carbons (Fsp3) is 0.541. The van der Waals surface area contributed by atoms with E-state index in [0.717, 1.165) is 22.0 Å². The lowest BCUT2D eigenvalue weighted by Crippen LogP contribution is -2.60. The third kappa shape index (κ3) is 8.07. The number of alkyl carbamates (subject to hydrolysis) is 1. The average molecular weight is 672 g/mol. The maximum absolute atomic E-state index is 14.4. The topological polar surface area (TPSA) is 145 Å². The Kier molecular flexibility index (Phi) is 11.3. The Bertz CT molecular complexity index is 1650. The third-order valence-electron chi connectivity index (χ3n) is 10.7. The molecule has 4 heterocycles. The van der Waals surface area contributed by atoms with E-state index in [-0.39, 0.29) is 30.0 Å². The number of carbonyl (C=O) groups is 3. The van der Waals surface area contributed by atoms with Crippen LogP contribution >= 0.6 is 0 Å². The number of nitrogens with one attached hydrogen (secondary N) is 3. The Morgan fingerprint density at radius 2 is 1.90 bits per heavy atom. The number of aromatic nitrogens is 3. The number of nitrogens with zero attached hydrogens (tertiary/aromatic N) is 2. The van der Waals surface area contributed by atoms with Crippen LogP contribution in [0, 0.1) is 17.8 Å². The number of para-hydroxylation sites is 1. The van der Waals surface area contributed by atoms with Crippen LogP contribution in [0.5, 0.6) is 0 Å². The molecule has 262 valence electrons. The summed E-state index contributed by atoms with van der Waals surface area (Å²) in [5, 5.41) is 14.4. The first kappa shape index (κ1) is 36.3. The Labute approximate surface area is 289 Å². The van der Waals surface area contributed by atoms with Gasteiger partial charge in [-0.15, -0.1) is 0 Å². The van der Waals surface area contributed by atoms with E-state index < -0.39 is 47.2 Å². The van der Waals surface area contributed by atoms with Gasteiger partial charge < -0.3 is 24.8 Å². The SMILES string of the molecule is B[C@@H]1[C@@H](C)C(=O)C(Cc2cn[nH]c2)C(=O)O[C@H](CC)[C@@]2(C)OC(=O)N[C@@H]2[C@@H](C)NC[C@H](C)C[C@@]1(C)OC/C=C/c1cnc2ccccc2c1. The quantitative estimate of drug-likeness (QED) is 0.189. The van der Waals surface area contributed by atoms with Crippen molar-refractivity contribution in [2.75, 3.05) is 13.2 Å².